The first kappa shape index (κ1) is 11.2. The number of benzene rings is 1. The van der Waals surface area contributed by atoms with E-state index in [-0.39, 0.29) is 10.7 Å². The fraction of sp³-hybridized carbons (Fsp3) is 0. The van der Waals surface area contributed by atoms with Crippen LogP contribution in [0, 0.1) is 10.1 Å². The highest BCUT2D eigenvalue weighted by atomic mass is 35.5. The molecule has 0 aliphatic rings. The molecular weight excluding hydrogens is 246 g/mol. The number of nitrogens with one attached hydrogen (secondary N) is 1. The molecule has 2 rings (SSSR count). The largest absolute Gasteiger partial charge is 0.288 e. The Balaban J connectivity index is 2.28. The zero-order valence-corrected chi connectivity index (χ0v) is 9.13. The first-order chi connectivity index (χ1) is 8.16. The number of aromatic nitrogens is 3. The summed E-state index contributed by atoms with van der Waals surface area (Å²) in [7, 11) is 0. The number of hydrogen-bond donors (Lipinski definition) is 1. The van der Waals surface area contributed by atoms with E-state index in [1.54, 1.807) is 6.07 Å². The molecule has 2 aromatic rings. The number of nitro benzene ring substituents is 1. The summed E-state index contributed by atoms with van der Waals surface area (Å²) in [6.07, 6.45) is 2.75. The second-order valence-electron chi connectivity index (χ2n) is 3.04. The number of H-pyrrole nitrogens is 1. The zero-order chi connectivity index (χ0) is 12.3. The van der Waals surface area contributed by atoms with Gasteiger partial charge in [0.25, 0.3) is 5.69 Å². The van der Waals surface area contributed by atoms with Crippen LogP contribution in [0.25, 0.3) is 0 Å². The van der Waals surface area contributed by atoms with Gasteiger partial charge in [0.2, 0.25) is 5.95 Å². The van der Waals surface area contributed by atoms with Crippen LogP contribution in [0.3, 0.4) is 0 Å². The molecule has 8 heteroatoms. The monoisotopic (exact) mass is 251 g/mol. The van der Waals surface area contributed by atoms with Gasteiger partial charge in [0.05, 0.1) is 4.92 Å². The number of rotatable bonds is 3. The highest BCUT2D eigenvalue weighted by molar-refractivity contribution is 6.32. The number of hydrogen-bond acceptors (Lipinski definition) is 5. The maximum Gasteiger partial charge on any atom is 0.288 e. The number of nitrogens with zero attached hydrogens (tertiary/aromatic N) is 4. The van der Waals surface area contributed by atoms with Gasteiger partial charge < -0.3 is 0 Å². The number of halogens is 1. The van der Waals surface area contributed by atoms with Gasteiger partial charge in [-0.3, -0.25) is 10.1 Å². The molecule has 0 bridgehead atoms. The van der Waals surface area contributed by atoms with E-state index in [9.17, 15) is 10.1 Å². The van der Waals surface area contributed by atoms with E-state index in [1.807, 2.05) is 0 Å². The highest BCUT2D eigenvalue weighted by Gasteiger charge is 2.11. The van der Waals surface area contributed by atoms with E-state index in [0.717, 1.165) is 0 Å². The first-order valence-corrected chi connectivity index (χ1v) is 4.88. The van der Waals surface area contributed by atoms with Crippen LogP contribution in [0.4, 0.5) is 11.6 Å². The van der Waals surface area contributed by atoms with E-state index in [0.29, 0.717) is 11.5 Å². The molecule has 1 aromatic carbocycles. The van der Waals surface area contributed by atoms with Crippen molar-refractivity contribution in [2.24, 2.45) is 4.99 Å². The predicted octanol–water partition coefficient (Wildman–Crippen LogP) is 2.12. The van der Waals surface area contributed by atoms with Crippen LogP contribution in [-0.4, -0.2) is 26.3 Å². The lowest BCUT2D eigenvalue weighted by Crippen LogP contribution is -1.91. The standard InChI is InChI=1S/C9H6ClN5O2/c10-7-2-1-6(3-8(7)15(16)17)4-11-9-12-5-13-14-9/h1-5H,(H,12,13,14)/b11-4+. The summed E-state index contributed by atoms with van der Waals surface area (Å²) >= 11 is 5.68. The van der Waals surface area contributed by atoms with Crippen molar-refractivity contribution < 1.29 is 4.92 Å². The molecule has 7 nitrogen and oxygen atoms in total. The molecule has 0 radical (unpaired) electrons. The molecule has 17 heavy (non-hydrogen) atoms. The van der Waals surface area contributed by atoms with E-state index in [1.165, 1.54) is 24.7 Å². The predicted molar refractivity (Wildman–Crippen MR) is 61.7 cm³/mol. The van der Waals surface area contributed by atoms with Crippen molar-refractivity contribution in [1.82, 2.24) is 15.2 Å². The van der Waals surface area contributed by atoms with Gasteiger partial charge in [-0.25, -0.2) is 10.1 Å². The normalized spacial score (nSPS) is 10.9. The maximum absolute atomic E-state index is 10.7. The molecule has 0 unspecified atom stereocenters. The molecule has 1 N–H and O–H groups in total. The lowest BCUT2D eigenvalue weighted by molar-refractivity contribution is -0.384. The quantitative estimate of drug-likeness (QED) is 0.513. The molecule has 0 fully saturated rings. The highest BCUT2D eigenvalue weighted by Crippen LogP contribution is 2.24. The Bertz CT molecular complexity index is 567. The van der Waals surface area contributed by atoms with Crippen molar-refractivity contribution in [1.29, 1.82) is 0 Å². The topological polar surface area (TPSA) is 97.1 Å². The lowest BCUT2D eigenvalue weighted by atomic mass is 10.2. The Labute approximate surface area is 100 Å². The van der Waals surface area contributed by atoms with Crippen molar-refractivity contribution in [2.45, 2.75) is 0 Å². The van der Waals surface area contributed by atoms with E-state index in [2.05, 4.69) is 20.2 Å². The summed E-state index contributed by atoms with van der Waals surface area (Å²) in [5, 5.41) is 16.9. The molecule has 0 aliphatic heterocycles. The summed E-state index contributed by atoms with van der Waals surface area (Å²) in [6, 6.07) is 4.40. The Hall–Kier alpha value is -2.28. The van der Waals surface area contributed by atoms with Crippen LogP contribution in [0.5, 0.6) is 0 Å². The Morgan fingerprint density at radius 2 is 2.35 bits per heavy atom. The second kappa shape index (κ2) is 4.71. The van der Waals surface area contributed by atoms with E-state index in [4.69, 9.17) is 11.6 Å². The third-order valence-corrected chi connectivity index (χ3v) is 2.22. The Kier molecular flexibility index (Phi) is 3.10. The van der Waals surface area contributed by atoms with Gasteiger partial charge in [-0.1, -0.05) is 17.7 Å². The van der Waals surface area contributed by atoms with Gasteiger partial charge in [0.15, 0.2) is 0 Å². The number of nitro groups is 1. The third kappa shape index (κ3) is 2.64. The van der Waals surface area contributed by atoms with Crippen LogP contribution >= 0.6 is 11.6 Å². The van der Waals surface area contributed by atoms with Crippen LogP contribution in [0.2, 0.25) is 5.02 Å². The molecule has 1 heterocycles. The number of aromatic amines is 1. The summed E-state index contributed by atoms with van der Waals surface area (Å²) in [4.78, 5) is 17.8. The molecule has 0 saturated carbocycles. The zero-order valence-electron chi connectivity index (χ0n) is 8.37. The molecule has 1 aromatic heterocycles. The lowest BCUT2D eigenvalue weighted by Gasteiger charge is -1.96. The molecule has 86 valence electrons. The van der Waals surface area contributed by atoms with Crippen LogP contribution in [-0.2, 0) is 0 Å². The van der Waals surface area contributed by atoms with Crippen molar-refractivity contribution in [3.05, 3.63) is 45.2 Å². The number of aliphatic imine (C=N–C) groups is 1. The molecule has 0 atom stereocenters. The van der Waals surface area contributed by atoms with Crippen LogP contribution in [0.15, 0.2) is 29.5 Å². The van der Waals surface area contributed by atoms with Gasteiger partial charge in [0.1, 0.15) is 11.3 Å². The van der Waals surface area contributed by atoms with Crippen molar-refractivity contribution >= 4 is 29.5 Å². The van der Waals surface area contributed by atoms with Crippen molar-refractivity contribution in [3.63, 3.8) is 0 Å². The van der Waals surface area contributed by atoms with Gasteiger partial charge in [0, 0.05) is 12.3 Å². The third-order valence-electron chi connectivity index (χ3n) is 1.91. The van der Waals surface area contributed by atoms with Gasteiger partial charge >= 0.3 is 0 Å². The summed E-state index contributed by atoms with van der Waals surface area (Å²) in [5.74, 6) is 0.322. The Morgan fingerprint density at radius 3 is 3.00 bits per heavy atom. The summed E-state index contributed by atoms with van der Waals surface area (Å²) in [5.41, 5.74) is 0.394. The average molecular weight is 252 g/mol. The maximum atomic E-state index is 10.7. The van der Waals surface area contributed by atoms with Crippen LogP contribution < -0.4 is 0 Å². The van der Waals surface area contributed by atoms with Gasteiger partial charge in [-0.2, -0.15) is 10.1 Å². The average Bonchev–Trinajstić information content (AvgIpc) is 2.80. The molecular formula is C9H6ClN5O2. The second-order valence-corrected chi connectivity index (χ2v) is 3.44. The fourth-order valence-electron chi connectivity index (χ4n) is 1.15. The first-order valence-electron chi connectivity index (χ1n) is 4.50. The SMILES string of the molecule is O=[N+]([O-])c1cc(/C=N/c2ncn[nH]2)ccc1Cl. The van der Waals surface area contributed by atoms with Gasteiger partial charge in [-0.15, -0.1) is 0 Å². The molecule has 0 saturated heterocycles. The van der Waals surface area contributed by atoms with Crippen molar-refractivity contribution in [2.75, 3.05) is 0 Å². The minimum atomic E-state index is -0.547. The fourth-order valence-corrected chi connectivity index (χ4v) is 1.33. The molecule has 0 spiro atoms. The van der Waals surface area contributed by atoms with E-state index < -0.39 is 4.92 Å². The summed E-state index contributed by atoms with van der Waals surface area (Å²) < 4.78 is 0. The smallest absolute Gasteiger partial charge is 0.258 e. The molecule has 0 amide bonds. The van der Waals surface area contributed by atoms with Crippen molar-refractivity contribution in [3.8, 4) is 0 Å². The molecule has 0 aliphatic carbocycles. The Morgan fingerprint density at radius 1 is 1.53 bits per heavy atom. The van der Waals surface area contributed by atoms with Crippen LogP contribution in [0.1, 0.15) is 5.56 Å². The van der Waals surface area contributed by atoms with E-state index >= 15 is 0 Å². The summed E-state index contributed by atoms with van der Waals surface area (Å²) in [6.45, 7) is 0. The van der Waals surface area contributed by atoms with Gasteiger partial charge in [-0.05, 0) is 11.6 Å². The minimum Gasteiger partial charge on any atom is -0.258 e. The minimum absolute atomic E-state index is 0.0896.